The van der Waals surface area contributed by atoms with Crippen molar-refractivity contribution >= 4 is 34.3 Å². The number of aryl methyl sites for hydroxylation is 1. The van der Waals surface area contributed by atoms with Crippen LogP contribution < -0.4 is 0 Å². The molecule has 0 aliphatic heterocycles. The summed E-state index contributed by atoms with van der Waals surface area (Å²) in [5.74, 6) is 0.0265. The van der Waals surface area contributed by atoms with E-state index in [1.165, 1.54) is 0 Å². The molecule has 0 spiro atoms. The minimum Gasteiger partial charge on any atom is -0.465 e. The number of nitrogens with zero attached hydrogens (tertiary/aromatic N) is 1. The SMILES string of the molecule is CCc1ccc(C(=O)COC(=O)c2c3c(nc4ccccc24)C(=Cc2ccco2)CC3)cc1. The molecule has 164 valence electrons. The van der Waals surface area contributed by atoms with Crippen molar-refractivity contribution < 1.29 is 18.7 Å². The van der Waals surface area contributed by atoms with Crippen LogP contribution in [0.1, 0.15) is 56.6 Å². The molecule has 0 N–H and O–H groups in total. The first-order valence-electron chi connectivity index (χ1n) is 11.1. The van der Waals surface area contributed by atoms with Crippen LogP contribution in [0.2, 0.25) is 0 Å². The van der Waals surface area contributed by atoms with Crippen LogP contribution in [0.5, 0.6) is 0 Å². The highest BCUT2D eigenvalue weighted by Crippen LogP contribution is 2.37. The molecule has 2 aromatic heterocycles. The first kappa shape index (κ1) is 20.9. The van der Waals surface area contributed by atoms with Crippen LogP contribution in [0.25, 0.3) is 22.6 Å². The minimum atomic E-state index is -0.498. The van der Waals surface area contributed by atoms with E-state index in [-0.39, 0.29) is 12.4 Å². The number of hydrogen-bond acceptors (Lipinski definition) is 5. The van der Waals surface area contributed by atoms with Gasteiger partial charge in [-0.1, -0.05) is 49.4 Å². The van der Waals surface area contributed by atoms with E-state index in [1.807, 2.05) is 54.6 Å². The van der Waals surface area contributed by atoms with E-state index in [2.05, 4.69) is 6.92 Å². The van der Waals surface area contributed by atoms with E-state index in [9.17, 15) is 9.59 Å². The Morgan fingerprint density at radius 3 is 2.61 bits per heavy atom. The molecule has 33 heavy (non-hydrogen) atoms. The molecular weight excluding hydrogens is 414 g/mol. The van der Waals surface area contributed by atoms with Crippen molar-refractivity contribution in [2.45, 2.75) is 26.2 Å². The first-order valence-corrected chi connectivity index (χ1v) is 11.1. The minimum absolute atomic E-state index is 0.223. The Morgan fingerprint density at radius 2 is 1.85 bits per heavy atom. The molecule has 0 amide bonds. The van der Waals surface area contributed by atoms with Crippen molar-refractivity contribution in [2.75, 3.05) is 6.61 Å². The molecule has 5 rings (SSSR count). The van der Waals surface area contributed by atoms with E-state index in [0.29, 0.717) is 17.5 Å². The van der Waals surface area contributed by atoms with Crippen molar-refractivity contribution in [1.82, 2.24) is 4.98 Å². The first-order chi connectivity index (χ1) is 16.1. The number of Topliss-reactive ketones (excluding diaryl/α,β-unsaturated/α-hetero) is 1. The number of fused-ring (bicyclic) bond motifs is 2. The van der Waals surface area contributed by atoms with E-state index in [1.54, 1.807) is 18.4 Å². The van der Waals surface area contributed by atoms with Crippen LogP contribution in [0.15, 0.2) is 71.3 Å². The van der Waals surface area contributed by atoms with Crippen molar-refractivity contribution in [3.8, 4) is 0 Å². The normalized spacial score (nSPS) is 13.9. The number of benzene rings is 2. The number of pyridine rings is 1. The molecule has 0 unspecified atom stereocenters. The fourth-order valence-corrected chi connectivity index (χ4v) is 4.27. The lowest BCUT2D eigenvalue weighted by Gasteiger charge is -2.12. The quantitative estimate of drug-likeness (QED) is 0.277. The van der Waals surface area contributed by atoms with Gasteiger partial charge in [0.15, 0.2) is 12.4 Å². The summed E-state index contributed by atoms with van der Waals surface area (Å²) < 4.78 is 11.0. The third kappa shape index (κ3) is 4.10. The van der Waals surface area contributed by atoms with Crippen LogP contribution in [0, 0.1) is 0 Å². The van der Waals surface area contributed by atoms with Crippen molar-refractivity contribution in [2.24, 2.45) is 0 Å². The highest BCUT2D eigenvalue weighted by molar-refractivity contribution is 6.08. The number of rotatable bonds is 6. The molecule has 0 saturated heterocycles. The van der Waals surface area contributed by atoms with Crippen LogP contribution in [0.3, 0.4) is 0 Å². The Morgan fingerprint density at radius 1 is 1.03 bits per heavy atom. The number of hydrogen-bond donors (Lipinski definition) is 0. The van der Waals surface area contributed by atoms with Gasteiger partial charge in [-0.3, -0.25) is 4.79 Å². The standard InChI is InChI=1S/C28H23NO4/c1-2-18-9-11-19(12-10-18)25(30)17-33-28(31)26-22-7-3-4-8-24(22)29-27-20(13-14-23(26)27)16-21-6-5-15-32-21/h3-12,15-16H,2,13-14,17H2,1H3. The average molecular weight is 437 g/mol. The fraction of sp³-hybridized carbons (Fsp3) is 0.179. The van der Waals surface area contributed by atoms with Crippen LogP contribution >= 0.6 is 0 Å². The number of esters is 1. The van der Waals surface area contributed by atoms with Gasteiger partial charge in [0.2, 0.25) is 0 Å². The second-order valence-corrected chi connectivity index (χ2v) is 8.07. The van der Waals surface area contributed by atoms with Gasteiger partial charge in [0, 0.05) is 10.9 Å². The summed E-state index contributed by atoms with van der Waals surface area (Å²) in [5.41, 5.74) is 5.57. The average Bonchev–Trinajstić information content (AvgIpc) is 3.51. The van der Waals surface area contributed by atoms with Gasteiger partial charge in [-0.05, 0) is 60.2 Å². The molecule has 0 atom stereocenters. The maximum absolute atomic E-state index is 13.2. The molecule has 2 heterocycles. The van der Waals surface area contributed by atoms with Gasteiger partial charge in [0.25, 0.3) is 0 Å². The van der Waals surface area contributed by atoms with E-state index in [0.717, 1.165) is 51.9 Å². The second kappa shape index (κ2) is 8.87. The molecule has 0 bridgehead atoms. The highest BCUT2D eigenvalue weighted by atomic mass is 16.5. The van der Waals surface area contributed by atoms with Crippen molar-refractivity contribution in [3.63, 3.8) is 0 Å². The molecule has 2 aromatic carbocycles. The second-order valence-electron chi connectivity index (χ2n) is 8.07. The summed E-state index contributed by atoms with van der Waals surface area (Å²) in [6, 6.07) is 18.7. The van der Waals surface area contributed by atoms with Gasteiger partial charge < -0.3 is 9.15 Å². The zero-order valence-corrected chi connectivity index (χ0v) is 18.3. The van der Waals surface area contributed by atoms with Gasteiger partial charge in [-0.15, -0.1) is 0 Å². The predicted molar refractivity (Wildman–Crippen MR) is 127 cm³/mol. The number of ketones is 1. The van der Waals surface area contributed by atoms with E-state index >= 15 is 0 Å². The Balaban J connectivity index is 1.46. The van der Waals surface area contributed by atoms with Gasteiger partial charge in [-0.2, -0.15) is 0 Å². The topological polar surface area (TPSA) is 69.4 Å². The highest BCUT2D eigenvalue weighted by Gasteiger charge is 2.28. The third-order valence-electron chi connectivity index (χ3n) is 6.02. The lowest BCUT2D eigenvalue weighted by Crippen LogP contribution is -2.16. The molecule has 0 radical (unpaired) electrons. The number of aromatic nitrogens is 1. The van der Waals surface area contributed by atoms with Crippen molar-refractivity contribution in [3.05, 3.63) is 101 Å². The van der Waals surface area contributed by atoms with Crippen LogP contribution in [-0.2, 0) is 17.6 Å². The molecule has 1 aliphatic carbocycles. The summed E-state index contributed by atoms with van der Waals surface area (Å²) in [4.78, 5) is 30.7. The van der Waals surface area contributed by atoms with Gasteiger partial charge in [0.05, 0.1) is 23.0 Å². The summed E-state index contributed by atoms with van der Waals surface area (Å²) >= 11 is 0. The maximum atomic E-state index is 13.2. The zero-order valence-electron chi connectivity index (χ0n) is 18.3. The molecule has 0 fully saturated rings. The number of carbonyl (C=O) groups is 2. The predicted octanol–water partition coefficient (Wildman–Crippen LogP) is 5.92. The smallest absolute Gasteiger partial charge is 0.339 e. The Labute approximate surface area is 191 Å². The largest absolute Gasteiger partial charge is 0.465 e. The number of furan rings is 1. The lowest BCUT2D eigenvalue weighted by atomic mass is 10.0. The van der Waals surface area contributed by atoms with Gasteiger partial charge >= 0.3 is 5.97 Å². The molecule has 1 aliphatic rings. The summed E-state index contributed by atoms with van der Waals surface area (Å²) in [6.07, 6.45) is 5.93. The summed E-state index contributed by atoms with van der Waals surface area (Å²) in [6.45, 7) is 1.76. The summed E-state index contributed by atoms with van der Waals surface area (Å²) in [7, 11) is 0. The number of para-hydroxylation sites is 1. The van der Waals surface area contributed by atoms with Crippen LogP contribution in [0.4, 0.5) is 0 Å². The molecular formula is C28H23NO4. The Hall–Kier alpha value is -3.99. The zero-order chi connectivity index (χ0) is 22.8. The summed E-state index contributed by atoms with van der Waals surface area (Å²) in [5, 5.41) is 0.736. The van der Waals surface area contributed by atoms with Gasteiger partial charge in [0.1, 0.15) is 5.76 Å². The lowest BCUT2D eigenvalue weighted by molar-refractivity contribution is 0.0475. The van der Waals surface area contributed by atoms with E-state index in [4.69, 9.17) is 14.1 Å². The van der Waals surface area contributed by atoms with E-state index < -0.39 is 5.97 Å². The maximum Gasteiger partial charge on any atom is 0.339 e. The number of carbonyl (C=O) groups excluding carboxylic acids is 2. The van der Waals surface area contributed by atoms with Crippen LogP contribution in [-0.4, -0.2) is 23.3 Å². The fourth-order valence-electron chi connectivity index (χ4n) is 4.27. The Bertz CT molecular complexity index is 1370. The molecule has 5 heteroatoms. The molecule has 4 aromatic rings. The van der Waals surface area contributed by atoms with Crippen molar-refractivity contribution in [1.29, 1.82) is 0 Å². The molecule has 0 saturated carbocycles. The number of allylic oxidation sites excluding steroid dienone is 1. The van der Waals surface area contributed by atoms with Gasteiger partial charge in [-0.25, -0.2) is 9.78 Å². The number of ether oxygens (including phenoxy) is 1. The monoisotopic (exact) mass is 437 g/mol. The third-order valence-corrected chi connectivity index (χ3v) is 6.02. The molecule has 5 nitrogen and oxygen atoms in total. The Kier molecular flexibility index (Phi) is 5.61.